The normalized spacial score (nSPS) is 11.8. The number of hydrogen-bond acceptors (Lipinski definition) is 4. The molecule has 0 aliphatic carbocycles. The van der Waals surface area contributed by atoms with Crippen LogP contribution in [0, 0.1) is 6.92 Å². The van der Waals surface area contributed by atoms with Gasteiger partial charge in [0, 0.05) is 29.1 Å². The second-order valence-electron chi connectivity index (χ2n) is 6.19. The Hall–Kier alpha value is -3.18. The molecule has 0 radical (unpaired) electrons. The first-order valence-electron chi connectivity index (χ1n) is 8.24. The maximum Gasteiger partial charge on any atom is 0.140 e. The maximum atomic E-state index is 6.47. The van der Waals surface area contributed by atoms with E-state index in [2.05, 4.69) is 20.3 Å². The Labute approximate surface area is 155 Å². The fraction of sp³-hybridized carbons (Fsp3) is 0.0500. The van der Waals surface area contributed by atoms with E-state index in [1.807, 2.05) is 43.3 Å². The molecule has 4 heterocycles. The molecule has 0 saturated carbocycles. The highest BCUT2D eigenvalue weighted by molar-refractivity contribution is 6.33. The number of pyridine rings is 2. The van der Waals surface area contributed by atoms with Gasteiger partial charge >= 0.3 is 0 Å². The second-order valence-corrected chi connectivity index (χ2v) is 6.59. The number of hydrogen-bond donors (Lipinski definition) is 2. The summed E-state index contributed by atoms with van der Waals surface area (Å²) in [6, 6.07) is 11.7. The van der Waals surface area contributed by atoms with Gasteiger partial charge in [0.1, 0.15) is 17.3 Å². The van der Waals surface area contributed by atoms with Crippen LogP contribution in [0.4, 0.5) is 11.5 Å². The van der Waals surface area contributed by atoms with Crippen molar-refractivity contribution in [3.8, 4) is 33.9 Å². The Balaban J connectivity index is 1.84. The summed E-state index contributed by atoms with van der Waals surface area (Å²) in [6.45, 7) is 2.03. The summed E-state index contributed by atoms with van der Waals surface area (Å²) in [5.74, 6) is 1.51. The van der Waals surface area contributed by atoms with Crippen molar-refractivity contribution < 1.29 is 0 Å². The van der Waals surface area contributed by atoms with Crippen LogP contribution in [0.1, 0.15) is 5.56 Å². The molecule has 0 unspecified atom stereocenters. The molecule has 5 nitrogen and oxygen atoms in total. The lowest BCUT2D eigenvalue weighted by atomic mass is 10.1. The van der Waals surface area contributed by atoms with Gasteiger partial charge in [-0.1, -0.05) is 23.7 Å². The largest absolute Gasteiger partial charge is 0.338 e. The predicted molar refractivity (Wildman–Crippen MR) is 104 cm³/mol. The smallest absolute Gasteiger partial charge is 0.140 e. The van der Waals surface area contributed by atoms with Gasteiger partial charge in [-0.15, -0.1) is 0 Å². The van der Waals surface area contributed by atoms with E-state index in [4.69, 9.17) is 16.6 Å². The minimum absolute atomic E-state index is 0.674. The van der Waals surface area contributed by atoms with Gasteiger partial charge in [-0.05, 0) is 36.8 Å². The van der Waals surface area contributed by atoms with Crippen molar-refractivity contribution in [1.29, 1.82) is 0 Å². The third kappa shape index (κ3) is 2.21. The van der Waals surface area contributed by atoms with Crippen LogP contribution in [0.15, 0.2) is 55.0 Å². The number of imidazole rings is 1. The number of aromatic nitrogens is 4. The Bertz CT molecular complexity index is 1070. The summed E-state index contributed by atoms with van der Waals surface area (Å²) in [7, 11) is 0. The van der Waals surface area contributed by atoms with E-state index in [0.717, 1.165) is 51.0 Å². The molecule has 1 aliphatic rings. The van der Waals surface area contributed by atoms with E-state index in [1.165, 1.54) is 0 Å². The fourth-order valence-corrected chi connectivity index (χ4v) is 3.66. The average molecular weight is 360 g/mol. The number of H-pyrrole nitrogens is 1. The van der Waals surface area contributed by atoms with Gasteiger partial charge in [-0.3, -0.25) is 4.98 Å². The highest BCUT2D eigenvalue weighted by atomic mass is 35.5. The number of nitrogens with zero attached hydrogens (tertiary/aromatic N) is 3. The van der Waals surface area contributed by atoms with Crippen molar-refractivity contribution in [1.82, 2.24) is 19.9 Å². The van der Waals surface area contributed by atoms with E-state index in [1.54, 1.807) is 18.6 Å². The zero-order valence-corrected chi connectivity index (χ0v) is 14.7. The number of benzene rings is 1. The highest BCUT2D eigenvalue weighted by Crippen LogP contribution is 2.43. The summed E-state index contributed by atoms with van der Waals surface area (Å²) < 4.78 is 0. The van der Waals surface area contributed by atoms with Crippen LogP contribution < -0.4 is 5.32 Å². The number of aromatic amines is 1. The molecule has 6 heteroatoms. The fourth-order valence-electron chi connectivity index (χ4n) is 3.35. The SMILES string of the molecule is Cc1cccc(Cl)c1-c1nc2c([nH]1)-c1ccncc1Nc1ncccc1-2. The molecular formula is C20H14ClN5. The van der Waals surface area contributed by atoms with Crippen molar-refractivity contribution in [2.75, 3.05) is 5.32 Å². The Morgan fingerprint density at radius 3 is 2.81 bits per heavy atom. The van der Waals surface area contributed by atoms with Crippen LogP contribution in [0.2, 0.25) is 5.02 Å². The number of aryl methyl sites for hydroxylation is 1. The van der Waals surface area contributed by atoms with Crippen molar-refractivity contribution in [2.24, 2.45) is 0 Å². The molecular weight excluding hydrogens is 346 g/mol. The standard InChI is InChI=1S/C20H14ClN5/c1-11-4-2-6-14(21)16(11)20-25-17-12-7-9-22-10-15(12)24-19-13(18(17)26-20)5-3-8-23-19/h2-10H,1H3,(H,23,24)(H,25,26). The number of nitrogens with one attached hydrogen (secondary N) is 2. The van der Waals surface area contributed by atoms with Crippen molar-refractivity contribution in [3.63, 3.8) is 0 Å². The van der Waals surface area contributed by atoms with E-state index in [0.29, 0.717) is 5.02 Å². The Morgan fingerprint density at radius 1 is 1.00 bits per heavy atom. The van der Waals surface area contributed by atoms with Crippen LogP contribution in [-0.2, 0) is 0 Å². The van der Waals surface area contributed by atoms with Crippen molar-refractivity contribution >= 4 is 23.1 Å². The number of anilines is 2. The molecule has 26 heavy (non-hydrogen) atoms. The van der Waals surface area contributed by atoms with Crippen molar-refractivity contribution in [3.05, 3.63) is 65.6 Å². The topological polar surface area (TPSA) is 66.5 Å². The van der Waals surface area contributed by atoms with Crippen LogP contribution in [0.5, 0.6) is 0 Å². The van der Waals surface area contributed by atoms with Gasteiger partial charge in [0.15, 0.2) is 0 Å². The van der Waals surface area contributed by atoms with Gasteiger partial charge < -0.3 is 10.3 Å². The van der Waals surface area contributed by atoms with Crippen LogP contribution in [-0.4, -0.2) is 19.9 Å². The average Bonchev–Trinajstić information content (AvgIpc) is 3.02. The molecule has 3 aromatic heterocycles. The van der Waals surface area contributed by atoms with Crippen molar-refractivity contribution in [2.45, 2.75) is 6.92 Å². The zero-order chi connectivity index (χ0) is 17.7. The molecule has 2 N–H and O–H groups in total. The van der Waals surface area contributed by atoms with E-state index < -0.39 is 0 Å². The Morgan fingerprint density at radius 2 is 1.92 bits per heavy atom. The third-order valence-electron chi connectivity index (χ3n) is 4.57. The van der Waals surface area contributed by atoms with E-state index >= 15 is 0 Å². The summed E-state index contributed by atoms with van der Waals surface area (Å²) in [5.41, 5.74) is 6.58. The van der Waals surface area contributed by atoms with Gasteiger partial charge in [-0.25, -0.2) is 9.97 Å². The summed E-state index contributed by atoms with van der Waals surface area (Å²) >= 11 is 6.47. The van der Waals surface area contributed by atoms with Gasteiger partial charge in [0.25, 0.3) is 0 Å². The summed E-state index contributed by atoms with van der Waals surface area (Å²) in [5, 5.41) is 4.03. The summed E-state index contributed by atoms with van der Waals surface area (Å²) in [4.78, 5) is 17.1. The van der Waals surface area contributed by atoms with Gasteiger partial charge in [0.05, 0.1) is 22.6 Å². The van der Waals surface area contributed by atoms with Gasteiger partial charge in [0.2, 0.25) is 0 Å². The van der Waals surface area contributed by atoms with E-state index in [9.17, 15) is 0 Å². The van der Waals surface area contributed by atoms with Crippen LogP contribution >= 0.6 is 11.6 Å². The third-order valence-corrected chi connectivity index (χ3v) is 4.88. The number of fused-ring (bicyclic) bond motifs is 5. The lowest BCUT2D eigenvalue weighted by molar-refractivity contribution is 1.26. The number of rotatable bonds is 1. The monoisotopic (exact) mass is 359 g/mol. The lowest BCUT2D eigenvalue weighted by Gasteiger charge is -2.08. The Kier molecular flexibility index (Phi) is 3.30. The molecule has 5 rings (SSSR count). The first kappa shape index (κ1) is 15.1. The zero-order valence-electron chi connectivity index (χ0n) is 13.9. The molecule has 0 atom stereocenters. The number of halogens is 1. The molecule has 0 bridgehead atoms. The quantitative estimate of drug-likeness (QED) is 0.430. The molecule has 1 aliphatic heterocycles. The van der Waals surface area contributed by atoms with E-state index in [-0.39, 0.29) is 0 Å². The molecule has 126 valence electrons. The first-order valence-corrected chi connectivity index (χ1v) is 8.62. The van der Waals surface area contributed by atoms with Crippen LogP contribution in [0.25, 0.3) is 33.9 Å². The molecule has 1 aromatic carbocycles. The minimum Gasteiger partial charge on any atom is -0.338 e. The molecule has 4 aromatic rings. The molecule has 0 fully saturated rings. The lowest BCUT2D eigenvalue weighted by Crippen LogP contribution is -1.96. The van der Waals surface area contributed by atoms with Crippen LogP contribution in [0.3, 0.4) is 0 Å². The second kappa shape index (κ2) is 5.68. The van der Waals surface area contributed by atoms with Gasteiger partial charge in [-0.2, -0.15) is 0 Å². The predicted octanol–water partition coefficient (Wildman–Crippen LogP) is 5.22. The molecule has 0 saturated heterocycles. The molecule has 0 amide bonds. The first-order chi connectivity index (χ1) is 12.7. The summed E-state index contributed by atoms with van der Waals surface area (Å²) in [6.07, 6.45) is 5.33. The minimum atomic E-state index is 0.674. The maximum absolute atomic E-state index is 6.47. The molecule has 0 spiro atoms. The highest BCUT2D eigenvalue weighted by Gasteiger charge is 2.24.